The summed E-state index contributed by atoms with van der Waals surface area (Å²) in [4.78, 5) is 51.8. The summed E-state index contributed by atoms with van der Waals surface area (Å²) in [5.74, 6) is -4.32. The van der Waals surface area contributed by atoms with Crippen LogP contribution < -0.4 is 24.3 Å². The molecule has 3 aliphatic rings. The summed E-state index contributed by atoms with van der Waals surface area (Å²) in [7, 11) is 0. The Kier molecular flexibility index (Phi) is 8.67. The van der Waals surface area contributed by atoms with Gasteiger partial charge < -0.3 is 4.74 Å². The largest absolute Gasteiger partial charge is 0.469 e. The van der Waals surface area contributed by atoms with Crippen LogP contribution in [0.25, 0.3) is 0 Å². The van der Waals surface area contributed by atoms with Crippen molar-refractivity contribution in [2.24, 2.45) is 11.8 Å². The molecule has 5 aromatic carbocycles. The molecule has 264 valence electrons. The van der Waals surface area contributed by atoms with E-state index in [0.29, 0.717) is 34.1 Å². The first kappa shape index (κ1) is 34.4. The molecule has 3 atom stereocenters. The Morgan fingerprint density at radius 1 is 0.472 bits per heavy atom. The van der Waals surface area contributed by atoms with E-state index < -0.39 is 35.8 Å². The molecule has 3 aliphatic heterocycles. The van der Waals surface area contributed by atoms with Crippen LogP contribution in [0.1, 0.15) is 33.7 Å². The number of hydrogen-bond acceptors (Lipinski definition) is 6. The highest BCUT2D eigenvalue weighted by Gasteiger charge is 2.60. The van der Waals surface area contributed by atoms with E-state index in [1.807, 2.05) is 154 Å². The minimum atomic E-state index is -1.36. The van der Waals surface area contributed by atoms with Gasteiger partial charge in [0.1, 0.15) is 17.6 Å². The van der Waals surface area contributed by atoms with Crippen LogP contribution in [-0.4, -0.2) is 34.2 Å². The summed E-state index contributed by atoms with van der Waals surface area (Å²) in [6, 6.07) is 37.6. The number of nitrogens with zero attached hydrogens (tertiary/aromatic N) is 4. The van der Waals surface area contributed by atoms with Crippen molar-refractivity contribution in [3.05, 3.63) is 149 Å². The molecule has 3 heterocycles. The van der Waals surface area contributed by atoms with Crippen molar-refractivity contribution in [2.75, 3.05) is 19.6 Å². The number of rotatable bonds is 5. The number of para-hydroxylation sites is 1. The lowest BCUT2D eigenvalue weighted by Gasteiger charge is -2.52. The van der Waals surface area contributed by atoms with Crippen LogP contribution in [-0.2, 0) is 14.4 Å². The zero-order chi connectivity index (χ0) is 37.1. The molecule has 0 unspecified atom stereocenters. The average molecular weight is 737 g/mol. The highest BCUT2D eigenvalue weighted by atomic mass is 32.1. The van der Waals surface area contributed by atoms with Crippen LogP contribution in [0, 0.1) is 39.5 Å². The van der Waals surface area contributed by atoms with Gasteiger partial charge in [-0.1, -0.05) is 89.0 Å². The second-order valence-electron chi connectivity index (χ2n) is 13.9. The lowest BCUT2D eigenvalue weighted by Crippen LogP contribution is -2.69. The maximum atomic E-state index is 15.3. The molecular weight excluding hydrogens is 701 g/mol. The fourth-order valence-corrected chi connectivity index (χ4v) is 8.31. The van der Waals surface area contributed by atoms with Crippen LogP contribution in [0.4, 0.5) is 22.7 Å². The number of anilines is 4. The number of hydrogen-bond donors (Lipinski definition) is 0. The van der Waals surface area contributed by atoms with Gasteiger partial charge in [-0.2, -0.15) is 0 Å². The molecule has 0 N–H and O–H groups in total. The molecule has 0 bridgehead atoms. The van der Waals surface area contributed by atoms with Gasteiger partial charge in [0.2, 0.25) is 17.7 Å². The van der Waals surface area contributed by atoms with Crippen molar-refractivity contribution in [1.82, 2.24) is 0 Å². The maximum absolute atomic E-state index is 15.3. The van der Waals surface area contributed by atoms with Crippen molar-refractivity contribution >= 4 is 75.1 Å². The quantitative estimate of drug-likeness (QED) is 0.133. The third-order valence-electron chi connectivity index (χ3n) is 10.3. The summed E-state index contributed by atoms with van der Waals surface area (Å²) >= 11 is 12.1. The first-order valence-corrected chi connectivity index (χ1v) is 18.3. The van der Waals surface area contributed by atoms with E-state index in [9.17, 15) is 0 Å². The van der Waals surface area contributed by atoms with E-state index >= 15 is 14.4 Å². The second kappa shape index (κ2) is 13.4. The van der Waals surface area contributed by atoms with Gasteiger partial charge in [-0.3, -0.25) is 34.0 Å². The summed E-state index contributed by atoms with van der Waals surface area (Å²) < 4.78 is 6.75. The van der Waals surface area contributed by atoms with Gasteiger partial charge in [-0.05, 0) is 112 Å². The number of amides is 3. The third-order valence-corrected chi connectivity index (χ3v) is 11.0. The van der Waals surface area contributed by atoms with Gasteiger partial charge in [0.25, 0.3) is 0 Å². The monoisotopic (exact) mass is 736 g/mol. The molecule has 3 amide bonds. The number of aryl methyl sites for hydroxylation is 4. The lowest BCUT2D eigenvalue weighted by atomic mass is 9.70. The zero-order valence-corrected chi connectivity index (χ0v) is 31.2. The molecule has 0 aromatic heterocycles. The standard InChI is InChI=1S/C43H36N4O4S2/c1-25-9-17-29(18-10-25)44-38(48)36(39(49)45(42(44)52)30-19-11-26(2)12-20-30)35-33-7-5-6-8-34(33)51-41-37(35)40(50)46(31-21-13-27(3)14-22-31)43(53)47(41)32-23-15-28(4)16-24-32/h5-24,35-37,41H,1-4H3/t35-,37+,41-/m0/s1. The molecule has 5 aromatic rings. The molecule has 53 heavy (non-hydrogen) atoms. The van der Waals surface area contributed by atoms with E-state index in [1.165, 1.54) is 14.7 Å². The number of carbonyl (C=O) groups excluding carboxylic acids is 3. The third kappa shape index (κ3) is 5.78. The van der Waals surface area contributed by atoms with Crippen molar-refractivity contribution in [2.45, 2.75) is 39.8 Å². The van der Waals surface area contributed by atoms with Gasteiger partial charge in [-0.15, -0.1) is 0 Å². The summed E-state index contributed by atoms with van der Waals surface area (Å²) in [5.41, 5.74) is 6.99. The predicted molar refractivity (Wildman–Crippen MR) is 215 cm³/mol. The smallest absolute Gasteiger partial charge is 0.246 e. The number of ether oxygens (including phenoxy) is 1. The van der Waals surface area contributed by atoms with E-state index in [-0.39, 0.29) is 16.1 Å². The van der Waals surface area contributed by atoms with E-state index in [2.05, 4.69) is 0 Å². The molecule has 8 rings (SSSR count). The van der Waals surface area contributed by atoms with Crippen molar-refractivity contribution in [3.63, 3.8) is 0 Å². The topological polar surface area (TPSA) is 73.4 Å². The molecular formula is C43H36N4O4S2. The Bertz CT molecular complexity index is 2220. The fraction of sp³-hybridized carbons (Fsp3) is 0.186. The number of fused-ring (bicyclic) bond motifs is 2. The van der Waals surface area contributed by atoms with Crippen LogP contribution in [0.3, 0.4) is 0 Å². The molecule has 0 aliphatic carbocycles. The Morgan fingerprint density at radius 2 is 0.868 bits per heavy atom. The fourth-order valence-electron chi connectivity index (χ4n) is 7.51. The first-order chi connectivity index (χ1) is 25.5. The SMILES string of the molecule is Cc1ccc(N2C(=O)C([C@@H]3c4ccccc4O[C@H]4[C@H]3C(=O)N(c3ccc(C)cc3)C(=S)N4c3ccc(C)cc3)C(=O)N(c3ccc(C)cc3)C2=S)cc1. The minimum absolute atomic E-state index is 0.0413. The second-order valence-corrected chi connectivity index (χ2v) is 14.6. The number of carbonyl (C=O) groups is 3. The Balaban J connectivity index is 1.35. The molecule has 2 fully saturated rings. The molecule has 10 heteroatoms. The van der Waals surface area contributed by atoms with E-state index in [4.69, 9.17) is 29.2 Å². The van der Waals surface area contributed by atoms with Crippen molar-refractivity contribution < 1.29 is 19.1 Å². The van der Waals surface area contributed by atoms with Crippen molar-refractivity contribution in [1.29, 1.82) is 0 Å². The van der Waals surface area contributed by atoms with Gasteiger partial charge in [0.05, 0.1) is 17.1 Å². The zero-order valence-electron chi connectivity index (χ0n) is 29.6. The van der Waals surface area contributed by atoms with Crippen LogP contribution >= 0.6 is 24.4 Å². The number of benzene rings is 5. The molecule has 2 saturated heterocycles. The predicted octanol–water partition coefficient (Wildman–Crippen LogP) is 8.16. The normalized spacial score (nSPS) is 20.4. The Labute approximate surface area is 319 Å². The summed E-state index contributed by atoms with van der Waals surface area (Å²) in [6.45, 7) is 7.89. The minimum Gasteiger partial charge on any atom is -0.469 e. The van der Waals surface area contributed by atoms with Gasteiger partial charge in [-0.25, -0.2) is 0 Å². The van der Waals surface area contributed by atoms with Gasteiger partial charge in [0.15, 0.2) is 16.5 Å². The Morgan fingerprint density at radius 3 is 1.32 bits per heavy atom. The van der Waals surface area contributed by atoms with Crippen LogP contribution in [0.5, 0.6) is 5.75 Å². The van der Waals surface area contributed by atoms with Crippen LogP contribution in [0.15, 0.2) is 121 Å². The highest BCUT2D eigenvalue weighted by Crippen LogP contribution is 2.51. The molecule has 8 nitrogen and oxygen atoms in total. The average Bonchev–Trinajstić information content (AvgIpc) is 3.14. The summed E-state index contributed by atoms with van der Waals surface area (Å²) in [6.07, 6.45) is -0.977. The maximum Gasteiger partial charge on any atom is 0.246 e. The summed E-state index contributed by atoms with van der Waals surface area (Å²) in [5, 5.41) is 0.270. The molecule has 0 radical (unpaired) electrons. The van der Waals surface area contributed by atoms with Crippen molar-refractivity contribution in [3.8, 4) is 5.75 Å². The molecule has 0 spiro atoms. The van der Waals surface area contributed by atoms with Gasteiger partial charge in [0, 0.05) is 11.6 Å². The van der Waals surface area contributed by atoms with E-state index in [0.717, 1.165) is 22.3 Å². The van der Waals surface area contributed by atoms with Gasteiger partial charge >= 0.3 is 0 Å². The lowest BCUT2D eigenvalue weighted by molar-refractivity contribution is -0.137. The first-order valence-electron chi connectivity index (χ1n) is 17.4. The van der Waals surface area contributed by atoms with E-state index in [1.54, 1.807) is 0 Å². The molecule has 0 saturated carbocycles. The highest BCUT2D eigenvalue weighted by molar-refractivity contribution is 7.81. The van der Waals surface area contributed by atoms with Crippen LogP contribution in [0.2, 0.25) is 0 Å². The Hall–Kier alpha value is -5.71. The number of thiocarbonyl (C=S) groups is 2.